The van der Waals surface area contributed by atoms with Crippen LogP contribution >= 0.6 is 34.8 Å². The zero-order valence-corrected chi connectivity index (χ0v) is 16.5. The van der Waals surface area contributed by atoms with Crippen molar-refractivity contribution >= 4 is 58.0 Å². The molecule has 0 spiro atoms. The lowest BCUT2D eigenvalue weighted by molar-refractivity contribution is -0.117. The topological polar surface area (TPSA) is 58.2 Å². The van der Waals surface area contributed by atoms with Gasteiger partial charge in [-0.15, -0.1) is 29.6 Å². The maximum absolute atomic E-state index is 12.6. The highest BCUT2D eigenvalue weighted by molar-refractivity contribution is 6.52. The third kappa shape index (κ3) is 4.39. The van der Waals surface area contributed by atoms with Gasteiger partial charge < -0.3 is 10.6 Å². The van der Waals surface area contributed by atoms with Gasteiger partial charge in [0.05, 0.1) is 16.6 Å². The normalized spacial score (nSPS) is 16.9. The van der Waals surface area contributed by atoms with Gasteiger partial charge in [0, 0.05) is 16.8 Å². The average Bonchev–Trinajstić information content (AvgIpc) is 3.26. The zero-order valence-electron chi connectivity index (χ0n) is 14.3. The molecule has 2 aromatic carbocycles. The van der Waals surface area contributed by atoms with Crippen molar-refractivity contribution < 1.29 is 9.59 Å². The summed E-state index contributed by atoms with van der Waals surface area (Å²) in [7, 11) is 0. The summed E-state index contributed by atoms with van der Waals surface area (Å²) in [6, 6.07) is 9.91. The summed E-state index contributed by atoms with van der Waals surface area (Å²) in [5, 5.41) is 5.82. The average molecular weight is 422 g/mol. The van der Waals surface area contributed by atoms with Crippen molar-refractivity contribution in [2.75, 3.05) is 10.6 Å². The van der Waals surface area contributed by atoms with Gasteiger partial charge in [0.15, 0.2) is 0 Å². The lowest BCUT2D eigenvalue weighted by Crippen LogP contribution is -2.17. The van der Waals surface area contributed by atoms with Crippen molar-refractivity contribution in [1.82, 2.24) is 0 Å². The monoisotopic (exact) mass is 420 g/mol. The van der Waals surface area contributed by atoms with Crippen LogP contribution in [-0.4, -0.2) is 16.1 Å². The Morgan fingerprint density at radius 3 is 2.48 bits per heavy atom. The fraction of sp³-hybridized carbons (Fsp3) is 0.200. The second-order valence-electron chi connectivity index (χ2n) is 6.33. The summed E-state index contributed by atoms with van der Waals surface area (Å²) in [6.07, 6.45) is 5.78. The van der Waals surface area contributed by atoms with Crippen LogP contribution in [0.5, 0.6) is 0 Å². The van der Waals surface area contributed by atoms with E-state index in [1.807, 2.05) is 0 Å². The minimum Gasteiger partial charge on any atom is -0.326 e. The molecule has 1 aliphatic rings. The van der Waals surface area contributed by atoms with Crippen LogP contribution in [0.1, 0.15) is 27.9 Å². The highest BCUT2D eigenvalue weighted by atomic mass is 35.5. The third-order valence-corrected chi connectivity index (χ3v) is 5.43. The molecule has 3 rings (SSSR count). The standard InChI is InChI=1S/C20H15Cl3N2O2/c1-3-12-4-6-14(11(2)8-12)18(26)25-17-9-13(5-7-16(17)21)24-19(27)15-10-20(15,22)23/h1,4-9,15H,10H2,2H3,(H,24,27)(H,25,26)/t15-/m1/s1. The van der Waals surface area contributed by atoms with E-state index in [1.54, 1.807) is 43.3 Å². The van der Waals surface area contributed by atoms with Crippen molar-refractivity contribution in [2.24, 2.45) is 5.92 Å². The Bertz CT molecular complexity index is 980. The maximum atomic E-state index is 12.6. The largest absolute Gasteiger partial charge is 0.326 e. The number of aryl methyl sites for hydroxylation is 1. The molecular weight excluding hydrogens is 407 g/mol. The number of terminal acetylenes is 1. The highest BCUT2D eigenvalue weighted by Crippen LogP contribution is 2.53. The molecule has 0 aromatic heterocycles. The van der Waals surface area contributed by atoms with Crippen LogP contribution in [0, 0.1) is 25.2 Å². The van der Waals surface area contributed by atoms with E-state index in [-0.39, 0.29) is 11.8 Å². The predicted molar refractivity (Wildman–Crippen MR) is 110 cm³/mol. The molecule has 1 aliphatic carbocycles. The number of rotatable bonds is 4. The fourth-order valence-electron chi connectivity index (χ4n) is 2.62. The molecule has 0 saturated heterocycles. The SMILES string of the molecule is C#Cc1ccc(C(=O)Nc2cc(NC(=O)[C@H]3CC3(Cl)Cl)ccc2Cl)c(C)c1. The van der Waals surface area contributed by atoms with Crippen LogP contribution in [0.3, 0.4) is 0 Å². The molecule has 1 atom stereocenters. The zero-order chi connectivity index (χ0) is 19.8. The van der Waals surface area contributed by atoms with Gasteiger partial charge in [-0.05, 0) is 55.3 Å². The van der Waals surface area contributed by atoms with Crippen LogP contribution in [0.15, 0.2) is 36.4 Å². The van der Waals surface area contributed by atoms with Crippen molar-refractivity contribution in [3.05, 3.63) is 58.1 Å². The van der Waals surface area contributed by atoms with Gasteiger partial charge in [-0.3, -0.25) is 9.59 Å². The molecule has 27 heavy (non-hydrogen) atoms. The smallest absolute Gasteiger partial charge is 0.255 e. The van der Waals surface area contributed by atoms with Crippen LogP contribution < -0.4 is 10.6 Å². The van der Waals surface area contributed by atoms with Gasteiger partial charge in [-0.25, -0.2) is 0 Å². The van der Waals surface area contributed by atoms with Gasteiger partial charge in [-0.1, -0.05) is 17.5 Å². The fourth-order valence-corrected chi connectivity index (χ4v) is 3.30. The van der Waals surface area contributed by atoms with Gasteiger partial charge in [0.25, 0.3) is 5.91 Å². The van der Waals surface area contributed by atoms with E-state index in [4.69, 9.17) is 41.2 Å². The number of carbonyl (C=O) groups excluding carboxylic acids is 2. The molecule has 7 heteroatoms. The summed E-state index contributed by atoms with van der Waals surface area (Å²) < 4.78 is -1.00. The lowest BCUT2D eigenvalue weighted by atomic mass is 10.0. The summed E-state index contributed by atoms with van der Waals surface area (Å²) in [5.41, 5.74) is 2.78. The molecule has 0 bridgehead atoms. The lowest BCUT2D eigenvalue weighted by Gasteiger charge is -2.12. The number of nitrogens with one attached hydrogen (secondary N) is 2. The molecule has 1 saturated carbocycles. The minimum absolute atomic E-state index is 0.277. The Kier molecular flexibility index (Phi) is 5.39. The Morgan fingerprint density at radius 2 is 1.89 bits per heavy atom. The van der Waals surface area contributed by atoms with Crippen LogP contribution in [-0.2, 0) is 4.79 Å². The molecule has 0 heterocycles. The minimum atomic E-state index is -1.00. The Morgan fingerprint density at radius 1 is 1.19 bits per heavy atom. The first-order valence-corrected chi connectivity index (χ1v) is 9.21. The van der Waals surface area contributed by atoms with E-state index in [0.29, 0.717) is 33.9 Å². The van der Waals surface area contributed by atoms with Crippen molar-refractivity contribution in [3.63, 3.8) is 0 Å². The first kappa shape index (κ1) is 19.6. The number of carbonyl (C=O) groups is 2. The first-order chi connectivity index (χ1) is 12.7. The molecule has 1 fully saturated rings. The van der Waals surface area contributed by atoms with Gasteiger partial charge >= 0.3 is 0 Å². The predicted octanol–water partition coefficient (Wildman–Crippen LogP) is 5.01. The van der Waals surface area contributed by atoms with Crippen molar-refractivity contribution in [1.29, 1.82) is 0 Å². The summed E-state index contributed by atoms with van der Waals surface area (Å²) in [5.74, 6) is 1.47. The van der Waals surface area contributed by atoms with E-state index in [1.165, 1.54) is 0 Å². The maximum Gasteiger partial charge on any atom is 0.255 e. The summed E-state index contributed by atoms with van der Waals surface area (Å²) >= 11 is 18.0. The number of alkyl halides is 2. The van der Waals surface area contributed by atoms with Crippen LogP contribution in [0.25, 0.3) is 0 Å². The number of hydrogen-bond acceptors (Lipinski definition) is 2. The highest BCUT2D eigenvalue weighted by Gasteiger charge is 2.56. The van der Waals surface area contributed by atoms with Gasteiger partial charge in [0.2, 0.25) is 5.91 Å². The van der Waals surface area contributed by atoms with E-state index >= 15 is 0 Å². The number of benzene rings is 2. The van der Waals surface area contributed by atoms with Crippen molar-refractivity contribution in [3.8, 4) is 12.3 Å². The molecule has 2 amide bonds. The molecule has 0 aliphatic heterocycles. The van der Waals surface area contributed by atoms with Crippen LogP contribution in [0.2, 0.25) is 5.02 Å². The summed E-state index contributed by atoms with van der Waals surface area (Å²) in [4.78, 5) is 24.7. The van der Waals surface area contributed by atoms with E-state index in [9.17, 15) is 9.59 Å². The van der Waals surface area contributed by atoms with E-state index < -0.39 is 10.3 Å². The van der Waals surface area contributed by atoms with E-state index in [0.717, 1.165) is 5.56 Å². The molecule has 2 aromatic rings. The van der Waals surface area contributed by atoms with Crippen LogP contribution in [0.4, 0.5) is 11.4 Å². The number of amides is 2. The second-order valence-corrected chi connectivity index (χ2v) is 8.28. The molecule has 2 N–H and O–H groups in total. The Hall–Kier alpha value is -2.19. The van der Waals surface area contributed by atoms with Gasteiger partial charge in [-0.2, -0.15) is 0 Å². The molecule has 138 valence electrons. The second kappa shape index (κ2) is 7.44. The van der Waals surface area contributed by atoms with E-state index in [2.05, 4.69) is 16.6 Å². The number of hydrogen-bond donors (Lipinski definition) is 2. The molecule has 4 nitrogen and oxygen atoms in total. The van der Waals surface area contributed by atoms with Crippen molar-refractivity contribution in [2.45, 2.75) is 17.7 Å². The molecule has 0 radical (unpaired) electrons. The third-order valence-electron chi connectivity index (χ3n) is 4.26. The number of anilines is 2. The first-order valence-electron chi connectivity index (χ1n) is 8.08. The Labute approximate surface area is 172 Å². The molecule has 0 unspecified atom stereocenters. The number of halogens is 3. The molecular formula is C20H15Cl3N2O2. The quantitative estimate of drug-likeness (QED) is 0.538. The van der Waals surface area contributed by atoms with Gasteiger partial charge in [0.1, 0.15) is 4.33 Å². The Balaban J connectivity index is 1.76. The summed E-state index contributed by atoms with van der Waals surface area (Å²) in [6.45, 7) is 1.80.